The van der Waals surface area contributed by atoms with Crippen molar-refractivity contribution >= 4 is 0 Å². The smallest absolute Gasteiger partial charge is 0.0718 e. The van der Waals surface area contributed by atoms with Gasteiger partial charge in [-0.25, -0.2) is 0 Å². The Bertz CT molecular complexity index is 282. The van der Waals surface area contributed by atoms with Crippen LogP contribution in [0.4, 0.5) is 0 Å². The van der Waals surface area contributed by atoms with Crippen LogP contribution < -0.4 is 5.32 Å². The summed E-state index contributed by atoms with van der Waals surface area (Å²) >= 11 is 0. The Balaban J connectivity index is 1.73. The molecule has 0 amide bonds. The highest BCUT2D eigenvalue weighted by Gasteiger charge is 2.28. The zero-order valence-electron chi connectivity index (χ0n) is 13.6. The van der Waals surface area contributed by atoms with Gasteiger partial charge in [0.05, 0.1) is 5.60 Å². The molecule has 0 bridgehead atoms. The van der Waals surface area contributed by atoms with E-state index in [2.05, 4.69) is 22.2 Å². The van der Waals surface area contributed by atoms with E-state index in [9.17, 15) is 5.11 Å². The van der Waals surface area contributed by atoms with E-state index in [1.807, 2.05) is 13.8 Å². The topological polar surface area (TPSA) is 38.7 Å². The predicted octanol–water partition coefficient (Wildman–Crippen LogP) is 1.15. The maximum absolute atomic E-state index is 9.90. The monoisotopic (exact) mass is 283 g/mol. The van der Waals surface area contributed by atoms with Gasteiger partial charge >= 0.3 is 0 Å². The molecule has 1 saturated carbocycles. The first kappa shape index (κ1) is 16.2. The number of piperazine rings is 1. The maximum Gasteiger partial charge on any atom is 0.0718 e. The van der Waals surface area contributed by atoms with Gasteiger partial charge in [-0.15, -0.1) is 0 Å². The number of β-amino-alcohol motifs (C(OH)–C–C–N with tert-alkyl or cyclic N) is 1. The number of hydrogen-bond acceptors (Lipinski definition) is 4. The molecule has 0 aromatic rings. The van der Waals surface area contributed by atoms with Gasteiger partial charge in [0, 0.05) is 45.3 Å². The summed E-state index contributed by atoms with van der Waals surface area (Å²) in [5, 5.41) is 13.4. The summed E-state index contributed by atoms with van der Waals surface area (Å²) < 4.78 is 0. The van der Waals surface area contributed by atoms with Crippen molar-refractivity contribution in [3.05, 3.63) is 0 Å². The molecule has 2 unspecified atom stereocenters. The Kier molecular flexibility index (Phi) is 5.84. The van der Waals surface area contributed by atoms with Gasteiger partial charge in [0.2, 0.25) is 0 Å². The fraction of sp³-hybridized carbons (Fsp3) is 1.00. The first-order chi connectivity index (χ1) is 9.48. The van der Waals surface area contributed by atoms with Crippen molar-refractivity contribution in [1.82, 2.24) is 15.1 Å². The van der Waals surface area contributed by atoms with Gasteiger partial charge in [-0.1, -0.05) is 12.8 Å². The number of nitrogens with one attached hydrogen (secondary N) is 1. The van der Waals surface area contributed by atoms with E-state index in [4.69, 9.17) is 0 Å². The quantitative estimate of drug-likeness (QED) is 0.794. The van der Waals surface area contributed by atoms with Crippen LogP contribution in [0.3, 0.4) is 0 Å². The molecular formula is C16H33N3O. The Labute approximate surface area is 124 Å². The zero-order valence-corrected chi connectivity index (χ0v) is 13.6. The number of aliphatic hydroxyl groups is 1. The van der Waals surface area contributed by atoms with Gasteiger partial charge in [-0.2, -0.15) is 0 Å². The molecule has 118 valence electrons. The Morgan fingerprint density at radius 2 is 1.65 bits per heavy atom. The van der Waals surface area contributed by atoms with Crippen molar-refractivity contribution in [2.24, 2.45) is 5.92 Å². The van der Waals surface area contributed by atoms with E-state index in [-0.39, 0.29) is 0 Å². The second-order valence-electron chi connectivity index (χ2n) is 7.33. The fourth-order valence-electron chi connectivity index (χ4n) is 3.82. The summed E-state index contributed by atoms with van der Waals surface area (Å²) in [4.78, 5) is 5.02. The molecule has 1 saturated heterocycles. The van der Waals surface area contributed by atoms with Crippen LogP contribution in [-0.2, 0) is 0 Å². The first-order valence-electron chi connectivity index (χ1n) is 8.32. The van der Waals surface area contributed by atoms with Crippen LogP contribution >= 0.6 is 0 Å². The summed E-state index contributed by atoms with van der Waals surface area (Å²) in [5.74, 6) is 0.828. The first-order valence-corrected chi connectivity index (χ1v) is 8.32. The molecule has 0 spiro atoms. The van der Waals surface area contributed by atoms with Crippen LogP contribution in [0.1, 0.15) is 39.5 Å². The Hall–Kier alpha value is -0.160. The molecule has 0 aromatic heterocycles. The number of hydrogen-bond donors (Lipinski definition) is 2. The van der Waals surface area contributed by atoms with E-state index in [0.29, 0.717) is 0 Å². The molecule has 4 nitrogen and oxygen atoms in total. The van der Waals surface area contributed by atoms with Gasteiger partial charge in [-0.05, 0) is 39.7 Å². The summed E-state index contributed by atoms with van der Waals surface area (Å²) in [7, 11) is 2.12. The second-order valence-corrected chi connectivity index (χ2v) is 7.33. The molecule has 1 aliphatic carbocycles. The molecule has 2 aliphatic rings. The molecule has 2 atom stereocenters. The summed E-state index contributed by atoms with van der Waals surface area (Å²) in [6.45, 7) is 10.4. The molecule has 20 heavy (non-hydrogen) atoms. The van der Waals surface area contributed by atoms with Crippen molar-refractivity contribution in [1.29, 1.82) is 0 Å². The Morgan fingerprint density at radius 3 is 2.25 bits per heavy atom. The minimum Gasteiger partial charge on any atom is -0.389 e. The lowest BCUT2D eigenvalue weighted by atomic mass is 9.84. The minimum atomic E-state index is -0.567. The van der Waals surface area contributed by atoms with Crippen LogP contribution in [0.5, 0.6) is 0 Å². The highest BCUT2D eigenvalue weighted by atomic mass is 16.3. The van der Waals surface area contributed by atoms with Gasteiger partial charge in [-0.3, -0.25) is 4.90 Å². The molecular weight excluding hydrogens is 250 g/mol. The molecule has 0 aromatic carbocycles. The largest absolute Gasteiger partial charge is 0.389 e. The molecule has 1 heterocycles. The fourth-order valence-corrected chi connectivity index (χ4v) is 3.82. The zero-order chi connectivity index (χ0) is 14.6. The third kappa shape index (κ3) is 4.99. The number of rotatable bonds is 5. The van der Waals surface area contributed by atoms with E-state index >= 15 is 0 Å². The molecule has 4 heteroatoms. The third-order valence-electron chi connectivity index (χ3n) is 4.85. The van der Waals surface area contributed by atoms with Crippen molar-refractivity contribution in [2.45, 2.75) is 51.2 Å². The van der Waals surface area contributed by atoms with Gasteiger partial charge in [0.15, 0.2) is 0 Å². The predicted molar refractivity (Wildman–Crippen MR) is 84.0 cm³/mol. The van der Waals surface area contributed by atoms with Crippen molar-refractivity contribution in [3.63, 3.8) is 0 Å². The second kappa shape index (κ2) is 7.21. The molecule has 2 fully saturated rings. The average molecular weight is 283 g/mol. The van der Waals surface area contributed by atoms with Crippen LogP contribution in [0.15, 0.2) is 0 Å². The van der Waals surface area contributed by atoms with E-state index in [1.165, 1.54) is 32.2 Å². The molecule has 2 rings (SSSR count). The molecule has 1 aliphatic heterocycles. The standard InChI is InChI=1S/C16H33N3O/c1-16(2,20)13-19-10-8-18(9-11-19)12-14-6-4-5-7-15(14)17-3/h14-15,17,20H,4-13H2,1-3H3. The third-order valence-corrected chi connectivity index (χ3v) is 4.85. The highest BCUT2D eigenvalue weighted by Crippen LogP contribution is 2.25. The lowest BCUT2D eigenvalue weighted by Crippen LogP contribution is -2.52. The lowest BCUT2D eigenvalue weighted by Gasteiger charge is -2.40. The van der Waals surface area contributed by atoms with E-state index in [1.54, 1.807) is 0 Å². The van der Waals surface area contributed by atoms with Crippen LogP contribution in [0.25, 0.3) is 0 Å². The lowest BCUT2D eigenvalue weighted by molar-refractivity contribution is 0.0139. The van der Waals surface area contributed by atoms with Crippen LogP contribution in [-0.4, -0.2) is 72.9 Å². The number of nitrogens with zero attached hydrogens (tertiary/aromatic N) is 2. The van der Waals surface area contributed by atoms with Gasteiger partial charge < -0.3 is 15.3 Å². The Morgan fingerprint density at radius 1 is 1.05 bits per heavy atom. The summed E-state index contributed by atoms with van der Waals surface area (Å²) in [6, 6.07) is 0.721. The van der Waals surface area contributed by atoms with Crippen LogP contribution in [0.2, 0.25) is 0 Å². The van der Waals surface area contributed by atoms with E-state index < -0.39 is 5.60 Å². The SMILES string of the molecule is CNC1CCCCC1CN1CCN(CC(C)(C)O)CC1. The van der Waals surface area contributed by atoms with E-state index in [0.717, 1.165) is 44.7 Å². The normalized spacial score (nSPS) is 30.6. The average Bonchev–Trinajstić information content (AvgIpc) is 2.40. The summed E-state index contributed by atoms with van der Waals surface area (Å²) in [5.41, 5.74) is -0.567. The summed E-state index contributed by atoms with van der Waals surface area (Å²) in [6.07, 6.45) is 5.53. The maximum atomic E-state index is 9.90. The van der Waals surface area contributed by atoms with Crippen LogP contribution in [0, 0.1) is 5.92 Å². The molecule has 2 N–H and O–H groups in total. The van der Waals surface area contributed by atoms with Crippen molar-refractivity contribution < 1.29 is 5.11 Å². The minimum absolute atomic E-state index is 0.567. The van der Waals surface area contributed by atoms with Crippen molar-refractivity contribution in [2.75, 3.05) is 46.3 Å². The van der Waals surface area contributed by atoms with Gasteiger partial charge in [0.1, 0.15) is 0 Å². The highest BCUT2D eigenvalue weighted by molar-refractivity contribution is 4.84. The van der Waals surface area contributed by atoms with Crippen molar-refractivity contribution in [3.8, 4) is 0 Å². The van der Waals surface area contributed by atoms with Gasteiger partial charge in [0.25, 0.3) is 0 Å². The molecule has 0 radical (unpaired) electrons.